The van der Waals surface area contributed by atoms with Gasteiger partial charge in [-0.15, -0.1) is 0 Å². The number of likely N-dealkylation sites (N-methyl/N-ethyl adjacent to an activating group) is 1. The maximum absolute atomic E-state index is 12.8. The summed E-state index contributed by atoms with van der Waals surface area (Å²) in [6.07, 6.45) is -3.09. The van der Waals surface area contributed by atoms with Crippen LogP contribution >= 0.6 is 11.6 Å². The minimum absolute atomic E-state index is 0.0548. The molecule has 9 heteroatoms. The number of hydrogen-bond acceptors (Lipinski definition) is 4. The molecule has 0 saturated carbocycles. The molecule has 0 unspecified atom stereocenters. The van der Waals surface area contributed by atoms with E-state index in [1.54, 1.807) is 0 Å². The van der Waals surface area contributed by atoms with Crippen LogP contribution in [0.3, 0.4) is 0 Å². The summed E-state index contributed by atoms with van der Waals surface area (Å²) in [4.78, 5) is 18.1. The van der Waals surface area contributed by atoms with E-state index < -0.39 is 11.7 Å². The average molecular weight is 387 g/mol. The van der Waals surface area contributed by atoms with Crippen molar-refractivity contribution in [3.63, 3.8) is 0 Å². The van der Waals surface area contributed by atoms with E-state index in [9.17, 15) is 18.0 Å². The largest absolute Gasteiger partial charge is 0.416 e. The second-order valence-corrected chi connectivity index (χ2v) is 6.21. The van der Waals surface area contributed by atoms with Gasteiger partial charge in [-0.05, 0) is 44.4 Å². The predicted molar refractivity (Wildman–Crippen MR) is 94.9 cm³/mol. The van der Waals surface area contributed by atoms with Crippen molar-refractivity contribution in [2.45, 2.75) is 6.18 Å². The number of alkyl halides is 3. The molecule has 0 bridgehead atoms. The molecule has 1 aromatic heterocycles. The highest BCUT2D eigenvalue weighted by molar-refractivity contribution is 6.33. The standard InChI is InChI=1S/C17H18ClF3N4O/c1-25(2)8-7-23-16(26)11-5-6-22-15(9-11)24-14-10-12(17(19,20)21)3-4-13(14)18/h3-6,9-10H,7-8H2,1-2H3,(H,22,24)(H,23,26). The number of nitrogens with one attached hydrogen (secondary N) is 2. The van der Waals surface area contributed by atoms with Crippen LogP contribution in [0.1, 0.15) is 15.9 Å². The Labute approximate surface area is 154 Å². The van der Waals surface area contributed by atoms with Gasteiger partial charge in [0.15, 0.2) is 0 Å². The Morgan fingerprint density at radius 2 is 1.96 bits per heavy atom. The first-order valence-corrected chi connectivity index (χ1v) is 8.07. The highest BCUT2D eigenvalue weighted by Gasteiger charge is 2.31. The summed E-state index contributed by atoms with van der Waals surface area (Å²) in [6, 6.07) is 5.92. The number of anilines is 2. The molecular weight excluding hydrogens is 369 g/mol. The maximum Gasteiger partial charge on any atom is 0.416 e. The van der Waals surface area contributed by atoms with Crippen LogP contribution in [0.25, 0.3) is 0 Å². The first-order valence-electron chi connectivity index (χ1n) is 7.69. The smallest absolute Gasteiger partial charge is 0.351 e. The summed E-state index contributed by atoms with van der Waals surface area (Å²) >= 11 is 5.96. The summed E-state index contributed by atoms with van der Waals surface area (Å²) in [6.45, 7) is 1.15. The van der Waals surface area contributed by atoms with E-state index in [4.69, 9.17) is 11.6 Å². The predicted octanol–water partition coefficient (Wildman–Crippen LogP) is 3.79. The lowest BCUT2D eigenvalue weighted by Gasteiger charge is -2.13. The molecule has 0 saturated heterocycles. The second-order valence-electron chi connectivity index (χ2n) is 5.81. The normalized spacial score (nSPS) is 11.5. The second kappa shape index (κ2) is 8.37. The highest BCUT2D eigenvalue weighted by Crippen LogP contribution is 2.34. The summed E-state index contributed by atoms with van der Waals surface area (Å²) in [5.41, 5.74) is -0.439. The Bertz CT molecular complexity index is 781. The molecule has 140 valence electrons. The Morgan fingerprint density at radius 3 is 2.62 bits per heavy atom. The number of amides is 1. The van der Waals surface area contributed by atoms with Gasteiger partial charge in [-0.1, -0.05) is 11.6 Å². The molecule has 0 spiro atoms. The molecule has 1 heterocycles. The number of halogens is 4. The molecule has 0 fully saturated rings. The van der Waals surface area contributed by atoms with E-state index in [1.807, 2.05) is 19.0 Å². The van der Waals surface area contributed by atoms with Crippen molar-refractivity contribution in [2.24, 2.45) is 0 Å². The molecule has 0 radical (unpaired) electrons. The lowest BCUT2D eigenvalue weighted by Crippen LogP contribution is -2.31. The third kappa shape index (κ3) is 5.60. The first kappa shape index (κ1) is 20.0. The maximum atomic E-state index is 12.8. The highest BCUT2D eigenvalue weighted by atomic mass is 35.5. The molecule has 1 aromatic carbocycles. The van der Waals surface area contributed by atoms with Crippen LogP contribution in [0.5, 0.6) is 0 Å². The van der Waals surface area contributed by atoms with Gasteiger partial charge < -0.3 is 15.5 Å². The van der Waals surface area contributed by atoms with Gasteiger partial charge in [-0.3, -0.25) is 4.79 Å². The van der Waals surface area contributed by atoms with Crippen molar-refractivity contribution < 1.29 is 18.0 Å². The number of aromatic nitrogens is 1. The zero-order valence-corrected chi connectivity index (χ0v) is 14.9. The van der Waals surface area contributed by atoms with Crippen molar-refractivity contribution in [3.8, 4) is 0 Å². The van der Waals surface area contributed by atoms with Crippen LogP contribution in [-0.2, 0) is 6.18 Å². The fraction of sp³-hybridized carbons (Fsp3) is 0.294. The van der Waals surface area contributed by atoms with Crippen molar-refractivity contribution in [1.82, 2.24) is 15.2 Å². The summed E-state index contributed by atoms with van der Waals surface area (Å²) in [7, 11) is 3.78. The Hall–Kier alpha value is -2.32. The number of rotatable bonds is 6. The van der Waals surface area contributed by atoms with E-state index in [2.05, 4.69) is 15.6 Å². The molecule has 2 aromatic rings. The molecule has 5 nitrogen and oxygen atoms in total. The Morgan fingerprint density at radius 1 is 1.23 bits per heavy atom. The Balaban J connectivity index is 2.15. The molecule has 2 N–H and O–H groups in total. The van der Waals surface area contributed by atoms with Crippen molar-refractivity contribution in [1.29, 1.82) is 0 Å². The fourth-order valence-corrected chi connectivity index (χ4v) is 2.24. The third-order valence-corrected chi connectivity index (χ3v) is 3.75. The van der Waals surface area contributed by atoms with E-state index in [1.165, 1.54) is 18.3 Å². The van der Waals surface area contributed by atoms with E-state index >= 15 is 0 Å². The van der Waals surface area contributed by atoms with Gasteiger partial charge in [0, 0.05) is 24.8 Å². The molecule has 0 aliphatic carbocycles. The monoisotopic (exact) mass is 386 g/mol. The SMILES string of the molecule is CN(C)CCNC(=O)c1ccnc(Nc2cc(C(F)(F)F)ccc2Cl)c1. The van der Waals surface area contributed by atoms with E-state index in [0.29, 0.717) is 18.7 Å². The van der Waals surface area contributed by atoms with Crippen LogP contribution in [0.15, 0.2) is 36.5 Å². The fourth-order valence-electron chi connectivity index (χ4n) is 2.07. The molecule has 0 aliphatic rings. The van der Waals surface area contributed by atoms with Gasteiger partial charge in [0.1, 0.15) is 5.82 Å². The quantitative estimate of drug-likeness (QED) is 0.793. The number of hydrogen-bond donors (Lipinski definition) is 2. The minimum atomic E-state index is -4.48. The molecule has 26 heavy (non-hydrogen) atoms. The lowest BCUT2D eigenvalue weighted by molar-refractivity contribution is -0.137. The van der Waals surface area contributed by atoms with Gasteiger partial charge in [-0.2, -0.15) is 13.2 Å². The van der Waals surface area contributed by atoms with Crippen LogP contribution in [0, 0.1) is 0 Å². The molecular formula is C17H18ClF3N4O. The summed E-state index contributed by atoms with van der Waals surface area (Å²) in [5, 5.41) is 5.59. The number of benzene rings is 1. The Kier molecular flexibility index (Phi) is 6.44. The molecule has 0 atom stereocenters. The molecule has 1 amide bonds. The van der Waals surface area contributed by atoms with E-state index in [-0.39, 0.29) is 22.4 Å². The third-order valence-electron chi connectivity index (χ3n) is 3.42. The average Bonchev–Trinajstić information content (AvgIpc) is 2.55. The van der Waals surface area contributed by atoms with Crippen molar-refractivity contribution in [3.05, 3.63) is 52.7 Å². The van der Waals surface area contributed by atoms with Crippen LogP contribution < -0.4 is 10.6 Å². The number of carbonyl (C=O) groups is 1. The van der Waals surface area contributed by atoms with Gasteiger partial charge in [-0.25, -0.2) is 4.98 Å². The first-order chi connectivity index (χ1) is 12.2. The van der Waals surface area contributed by atoms with Crippen molar-refractivity contribution in [2.75, 3.05) is 32.5 Å². The van der Waals surface area contributed by atoms with Gasteiger partial charge in [0.05, 0.1) is 16.3 Å². The number of pyridine rings is 1. The van der Waals surface area contributed by atoms with Gasteiger partial charge >= 0.3 is 6.18 Å². The summed E-state index contributed by atoms with van der Waals surface area (Å²) in [5.74, 6) is -0.0843. The van der Waals surface area contributed by atoms with Crippen LogP contribution in [0.2, 0.25) is 5.02 Å². The van der Waals surface area contributed by atoms with Gasteiger partial charge in [0.2, 0.25) is 0 Å². The van der Waals surface area contributed by atoms with Crippen LogP contribution in [-0.4, -0.2) is 43.0 Å². The lowest BCUT2D eigenvalue weighted by atomic mass is 10.2. The zero-order valence-electron chi connectivity index (χ0n) is 14.2. The topological polar surface area (TPSA) is 57.3 Å². The zero-order chi connectivity index (χ0) is 19.3. The summed E-state index contributed by atoms with van der Waals surface area (Å²) < 4.78 is 38.5. The number of carbonyl (C=O) groups excluding carboxylic acids is 1. The minimum Gasteiger partial charge on any atom is -0.351 e. The molecule has 0 aliphatic heterocycles. The van der Waals surface area contributed by atoms with E-state index in [0.717, 1.165) is 18.2 Å². The molecule has 2 rings (SSSR count). The van der Waals surface area contributed by atoms with Gasteiger partial charge in [0.25, 0.3) is 5.91 Å². The number of nitrogens with zero attached hydrogens (tertiary/aromatic N) is 2. The van der Waals surface area contributed by atoms with Crippen LogP contribution in [0.4, 0.5) is 24.7 Å². The van der Waals surface area contributed by atoms with Crippen molar-refractivity contribution >= 4 is 29.0 Å².